The Morgan fingerprint density at radius 3 is 1.89 bits per heavy atom. The van der Waals surface area contributed by atoms with Gasteiger partial charge in [-0.05, 0) is 64.4 Å². The van der Waals surface area contributed by atoms with Gasteiger partial charge in [-0.1, -0.05) is 121 Å². The summed E-state index contributed by atoms with van der Waals surface area (Å²) in [7, 11) is 0. The SMILES string of the molecule is c1ccc2cc(C3=NC(c4c(-c5cccc6sc7ccccc7c56)ccc5oc6ccccc6c45)NC(c4cccc5sc6ccccc6c45)=N3)ccc2c1. The molecule has 0 amide bonds. The van der Waals surface area contributed by atoms with Gasteiger partial charge in [0.15, 0.2) is 5.84 Å². The lowest BCUT2D eigenvalue weighted by molar-refractivity contribution is 0.663. The summed E-state index contributed by atoms with van der Waals surface area (Å²) in [5.74, 6) is 1.49. The van der Waals surface area contributed by atoms with E-state index in [9.17, 15) is 0 Å². The zero-order valence-electron chi connectivity index (χ0n) is 29.3. The van der Waals surface area contributed by atoms with Crippen LogP contribution < -0.4 is 5.32 Å². The Balaban J connectivity index is 1.17. The number of nitrogens with zero attached hydrogens (tertiary/aromatic N) is 2. The van der Waals surface area contributed by atoms with Crippen LogP contribution in [0, 0.1) is 0 Å². The molecule has 1 unspecified atom stereocenters. The monoisotopic (exact) mass is 739 g/mol. The van der Waals surface area contributed by atoms with Gasteiger partial charge in [0, 0.05) is 67.8 Å². The first kappa shape index (κ1) is 30.8. The van der Waals surface area contributed by atoms with Gasteiger partial charge >= 0.3 is 0 Å². The van der Waals surface area contributed by atoms with E-state index in [0.717, 1.165) is 55.4 Å². The molecule has 0 aliphatic carbocycles. The van der Waals surface area contributed by atoms with Crippen molar-refractivity contribution in [3.05, 3.63) is 180 Å². The van der Waals surface area contributed by atoms with Crippen molar-refractivity contribution in [2.45, 2.75) is 6.17 Å². The van der Waals surface area contributed by atoms with Gasteiger partial charge in [0.2, 0.25) is 0 Å². The predicted octanol–water partition coefficient (Wildman–Crippen LogP) is 13.6. The Labute approximate surface area is 323 Å². The van der Waals surface area contributed by atoms with E-state index in [4.69, 9.17) is 14.4 Å². The largest absolute Gasteiger partial charge is 0.456 e. The van der Waals surface area contributed by atoms with Crippen LogP contribution in [0.15, 0.2) is 178 Å². The minimum absolute atomic E-state index is 0.492. The number of rotatable bonds is 4. The first-order chi connectivity index (χ1) is 27.2. The van der Waals surface area contributed by atoms with E-state index in [-0.39, 0.29) is 0 Å². The maximum absolute atomic E-state index is 6.58. The van der Waals surface area contributed by atoms with Crippen LogP contribution in [0.2, 0.25) is 0 Å². The first-order valence-electron chi connectivity index (χ1n) is 18.4. The Hall–Kier alpha value is -6.60. The van der Waals surface area contributed by atoms with E-state index in [1.54, 1.807) is 0 Å². The highest BCUT2D eigenvalue weighted by molar-refractivity contribution is 7.26. The molecule has 4 nitrogen and oxygen atoms in total. The smallest absolute Gasteiger partial charge is 0.159 e. The third kappa shape index (κ3) is 4.75. The molecule has 55 heavy (non-hydrogen) atoms. The topological polar surface area (TPSA) is 49.9 Å². The lowest BCUT2D eigenvalue weighted by atomic mass is 9.90. The number of nitrogens with one attached hydrogen (secondary N) is 1. The van der Waals surface area contributed by atoms with Crippen LogP contribution >= 0.6 is 22.7 Å². The minimum Gasteiger partial charge on any atom is -0.456 e. The fraction of sp³-hybridized carbons (Fsp3) is 0.0204. The molecule has 1 N–H and O–H groups in total. The molecule has 12 rings (SSSR count). The van der Waals surface area contributed by atoms with Crippen LogP contribution in [-0.4, -0.2) is 11.7 Å². The highest BCUT2D eigenvalue weighted by Gasteiger charge is 2.29. The fourth-order valence-corrected chi connectivity index (χ4v) is 10.8. The van der Waals surface area contributed by atoms with Crippen molar-refractivity contribution < 1.29 is 4.42 Å². The van der Waals surface area contributed by atoms with E-state index in [0.29, 0.717) is 5.84 Å². The lowest BCUT2D eigenvalue weighted by Crippen LogP contribution is -2.34. The number of hydrogen-bond acceptors (Lipinski definition) is 6. The van der Waals surface area contributed by atoms with Crippen LogP contribution in [0.5, 0.6) is 0 Å². The van der Waals surface area contributed by atoms with Crippen LogP contribution in [-0.2, 0) is 0 Å². The predicted molar refractivity (Wildman–Crippen MR) is 234 cm³/mol. The Bertz CT molecular complexity index is 3440. The van der Waals surface area contributed by atoms with Crippen molar-refractivity contribution in [2.75, 3.05) is 0 Å². The summed E-state index contributed by atoms with van der Waals surface area (Å²) in [4.78, 5) is 11.0. The Morgan fingerprint density at radius 1 is 0.473 bits per heavy atom. The molecule has 1 atom stereocenters. The van der Waals surface area contributed by atoms with Gasteiger partial charge in [-0.2, -0.15) is 0 Å². The maximum atomic E-state index is 6.58. The second kappa shape index (κ2) is 12.0. The van der Waals surface area contributed by atoms with Gasteiger partial charge in [-0.25, -0.2) is 9.98 Å². The van der Waals surface area contributed by atoms with Gasteiger partial charge < -0.3 is 9.73 Å². The molecule has 0 saturated heterocycles. The third-order valence-corrected chi connectivity index (χ3v) is 13.2. The van der Waals surface area contributed by atoms with Crippen molar-refractivity contribution in [1.29, 1.82) is 0 Å². The van der Waals surface area contributed by atoms with Gasteiger partial charge in [0.05, 0.1) is 0 Å². The summed E-state index contributed by atoms with van der Waals surface area (Å²) in [6.07, 6.45) is -0.492. The molecule has 0 spiro atoms. The zero-order chi connectivity index (χ0) is 36.0. The highest BCUT2D eigenvalue weighted by atomic mass is 32.1. The standard InChI is InChI=1S/C49H29N3OS2/c1-2-12-29-27-30(24-23-28(29)11-1)47-50-48(36-17-10-22-42-44(36)35-15-5-8-20-40(35)55-42)52-49(51-47)46-32(25-26-38-45(46)33-13-3-6-18-37(33)53-38)31-16-9-21-41-43(31)34-14-4-7-19-39(34)54-41/h1-27,49H,(H,50,51,52). The Kier molecular flexibility index (Phi) is 6.70. The van der Waals surface area contributed by atoms with Gasteiger partial charge in [-0.15, -0.1) is 22.7 Å². The van der Waals surface area contributed by atoms with Crippen LogP contribution in [0.4, 0.5) is 0 Å². The summed E-state index contributed by atoms with van der Waals surface area (Å²) in [5.41, 5.74) is 7.09. The molecule has 258 valence electrons. The van der Waals surface area contributed by atoms with Crippen molar-refractivity contribution in [3.8, 4) is 11.1 Å². The summed E-state index contributed by atoms with van der Waals surface area (Å²) >= 11 is 3.66. The molecule has 6 heteroatoms. The quantitative estimate of drug-likeness (QED) is 0.195. The number of aliphatic imine (C=N–C) groups is 2. The first-order valence-corrected chi connectivity index (χ1v) is 20.1. The van der Waals surface area contributed by atoms with Crippen LogP contribution in [0.25, 0.3) is 84.2 Å². The molecular weight excluding hydrogens is 711 g/mol. The van der Waals surface area contributed by atoms with Gasteiger partial charge in [-0.3, -0.25) is 0 Å². The third-order valence-electron chi connectivity index (χ3n) is 11.0. The van der Waals surface area contributed by atoms with Crippen LogP contribution in [0.3, 0.4) is 0 Å². The second-order valence-corrected chi connectivity index (χ2v) is 16.2. The molecule has 0 fully saturated rings. The molecule has 8 aromatic carbocycles. The van der Waals surface area contributed by atoms with Gasteiger partial charge in [0.1, 0.15) is 23.2 Å². The molecule has 4 heterocycles. The average molecular weight is 740 g/mol. The maximum Gasteiger partial charge on any atom is 0.159 e. The number of fused-ring (bicyclic) bond motifs is 10. The van der Waals surface area contributed by atoms with Crippen molar-refractivity contribution in [1.82, 2.24) is 5.32 Å². The fourth-order valence-electron chi connectivity index (χ4n) is 8.53. The van der Waals surface area contributed by atoms with E-state index in [2.05, 4.69) is 163 Å². The van der Waals surface area contributed by atoms with E-state index in [1.807, 2.05) is 28.7 Å². The number of hydrogen-bond donors (Lipinski definition) is 1. The molecular formula is C49H29N3OS2. The average Bonchev–Trinajstić information content (AvgIpc) is 3.94. The molecule has 1 aliphatic heterocycles. The minimum atomic E-state index is -0.492. The molecule has 0 saturated carbocycles. The molecule has 0 radical (unpaired) electrons. The number of para-hydroxylation sites is 1. The van der Waals surface area contributed by atoms with E-state index in [1.165, 1.54) is 51.3 Å². The summed E-state index contributed by atoms with van der Waals surface area (Å²) in [6, 6.07) is 58.3. The van der Waals surface area contributed by atoms with Gasteiger partial charge in [0.25, 0.3) is 0 Å². The van der Waals surface area contributed by atoms with Crippen LogP contribution in [0.1, 0.15) is 22.9 Å². The number of furan rings is 1. The normalized spacial score (nSPS) is 14.7. The van der Waals surface area contributed by atoms with E-state index < -0.39 is 6.17 Å². The second-order valence-electron chi connectivity index (χ2n) is 14.1. The van der Waals surface area contributed by atoms with Crippen molar-refractivity contribution >= 4 is 107 Å². The summed E-state index contributed by atoms with van der Waals surface area (Å²) in [5, 5.41) is 13.3. The van der Waals surface area contributed by atoms with Crippen molar-refractivity contribution in [2.24, 2.45) is 9.98 Å². The Morgan fingerprint density at radius 2 is 1.11 bits per heavy atom. The number of amidine groups is 2. The van der Waals surface area contributed by atoms with Crippen molar-refractivity contribution in [3.63, 3.8) is 0 Å². The lowest BCUT2D eigenvalue weighted by Gasteiger charge is -2.26. The number of benzene rings is 8. The molecule has 1 aliphatic rings. The number of thiophene rings is 2. The molecule has 0 bridgehead atoms. The molecule has 11 aromatic rings. The summed E-state index contributed by atoms with van der Waals surface area (Å²) < 4.78 is 11.6. The van der Waals surface area contributed by atoms with E-state index >= 15 is 0 Å². The molecule has 3 aromatic heterocycles. The highest BCUT2D eigenvalue weighted by Crippen LogP contribution is 2.46. The summed E-state index contributed by atoms with van der Waals surface area (Å²) in [6.45, 7) is 0. The zero-order valence-corrected chi connectivity index (χ0v) is 30.9.